The van der Waals surface area contributed by atoms with Crippen LogP contribution >= 0.6 is 0 Å². The van der Waals surface area contributed by atoms with Gasteiger partial charge in [0.05, 0.1) is 5.56 Å². The fourth-order valence-corrected chi connectivity index (χ4v) is 2.15. The molecule has 1 heterocycles. The lowest BCUT2D eigenvalue weighted by molar-refractivity contribution is -0.137. The van der Waals surface area contributed by atoms with E-state index in [-0.39, 0.29) is 0 Å². The molecule has 0 amide bonds. The van der Waals surface area contributed by atoms with Crippen LogP contribution in [-0.4, -0.2) is 4.98 Å². The van der Waals surface area contributed by atoms with Crippen LogP contribution in [0.3, 0.4) is 0 Å². The van der Waals surface area contributed by atoms with Crippen LogP contribution in [0.1, 0.15) is 5.56 Å². The number of H-pyrrole nitrogens is 1. The topological polar surface area (TPSA) is 15.8 Å². The number of hydrogen-bond acceptors (Lipinski definition) is 0. The largest absolute Gasteiger partial charge is 0.416 e. The molecule has 0 saturated carbocycles. The molecule has 0 aliphatic heterocycles. The lowest BCUT2D eigenvalue weighted by Crippen LogP contribution is -2.04. The zero-order chi connectivity index (χ0) is 13.5. The van der Waals surface area contributed by atoms with Gasteiger partial charge < -0.3 is 4.98 Å². The summed E-state index contributed by atoms with van der Waals surface area (Å²) in [5, 5.41) is 0.584. The average molecular weight is 261 g/mol. The van der Waals surface area contributed by atoms with Gasteiger partial charge in [-0.2, -0.15) is 13.2 Å². The fraction of sp³-hybridized carbons (Fsp3) is 0.0667. The minimum atomic E-state index is -4.32. The van der Waals surface area contributed by atoms with E-state index in [4.69, 9.17) is 0 Å². The van der Waals surface area contributed by atoms with Crippen molar-refractivity contribution in [2.45, 2.75) is 6.18 Å². The summed E-state index contributed by atoms with van der Waals surface area (Å²) < 4.78 is 38.2. The molecule has 96 valence electrons. The monoisotopic (exact) mass is 261 g/mol. The van der Waals surface area contributed by atoms with Crippen molar-refractivity contribution in [3.05, 3.63) is 60.3 Å². The second-order valence-corrected chi connectivity index (χ2v) is 4.33. The maximum atomic E-state index is 12.7. The van der Waals surface area contributed by atoms with Gasteiger partial charge in [-0.3, -0.25) is 0 Å². The van der Waals surface area contributed by atoms with Crippen LogP contribution in [0.2, 0.25) is 0 Å². The van der Waals surface area contributed by atoms with Gasteiger partial charge in [-0.1, -0.05) is 30.3 Å². The summed E-state index contributed by atoms with van der Waals surface area (Å²) in [7, 11) is 0. The van der Waals surface area contributed by atoms with Gasteiger partial charge in [-0.05, 0) is 23.8 Å². The van der Waals surface area contributed by atoms with Crippen LogP contribution in [0.4, 0.5) is 13.2 Å². The predicted molar refractivity (Wildman–Crippen MR) is 68.7 cm³/mol. The molecule has 0 bridgehead atoms. The summed E-state index contributed by atoms with van der Waals surface area (Å²) in [6, 6.07) is 13.1. The highest BCUT2D eigenvalue weighted by molar-refractivity contribution is 5.95. The summed E-state index contributed by atoms with van der Waals surface area (Å²) in [6.07, 6.45) is -2.58. The highest BCUT2D eigenvalue weighted by Crippen LogP contribution is 2.35. The molecule has 2 aromatic carbocycles. The van der Waals surface area contributed by atoms with Crippen LogP contribution < -0.4 is 0 Å². The van der Waals surface area contributed by atoms with E-state index >= 15 is 0 Å². The number of nitrogens with one attached hydrogen (secondary N) is 1. The summed E-state index contributed by atoms with van der Waals surface area (Å²) in [6.45, 7) is 0. The Morgan fingerprint density at radius 1 is 0.895 bits per heavy atom. The highest BCUT2D eigenvalue weighted by Gasteiger charge is 2.30. The molecule has 0 atom stereocenters. The Morgan fingerprint density at radius 2 is 1.63 bits per heavy atom. The molecule has 4 heteroatoms. The molecule has 0 saturated heterocycles. The molecule has 0 aliphatic carbocycles. The molecule has 1 aromatic heterocycles. The molecule has 19 heavy (non-hydrogen) atoms. The third kappa shape index (κ3) is 2.10. The number of rotatable bonds is 1. The Kier molecular flexibility index (Phi) is 2.59. The molecule has 0 unspecified atom stereocenters. The summed E-state index contributed by atoms with van der Waals surface area (Å²) >= 11 is 0. The summed E-state index contributed by atoms with van der Waals surface area (Å²) in [5.41, 5.74) is 1.75. The number of benzene rings is 2. The number of alkyl halides is 3. The lowest BCUT2D eigenvalue weighted by Gasteiger charge is -2.07. The molecular weight excluding hydrogens is 251 g/mol. The molecule has 0 aliphatic rings. The van der Waals surface area contributed by atoms with Gasteiger partial charge in [0.15, 0.2) is 0 Å². The van der Waals surface area contributed by atoms with Gasteiger partial charge in [-0.25, -0.2) is 0 Å². The third-order valence-corrected chi connectivity index (χ3v) is 3.09. The summed E-state index contributed by atoms with van der Waals surface area (Å²) in [4.78, 5) is 3.00. The minimum Gasteiger partial charge on any atom is -0.361 e. The van der Waals surface area contributed by atoms with E-state index in [2.05, 4.69) is 4.98 Å². The maximum absolute atomic E-state index is 12.7. The van der Waals surface area contributed by atoms with E-state index in [1.165, 1.54) is 12.1 Å². The van der Waals surface area contributed by atoms with Crippen LogP contribution in [0.25, 0.3) is 22.0 Å². The zero-order valence-corrected chi connectivity index (χ0v) is 9.83. The zero-order valence-electron chi connectivity index (χ0n) is 9.83. The van der Waals surface area contributed by atoms with Gasteiger partial charge in [0, 0.05) is 22.7 Å². The van der Waals surface area contributed by atoms with Crippen molar-refractivity contribution in [2.75, 3.05) is 0 Å². The standard InChI is InChI=1S/C15H10F3N/c16-15(17,18)11-6-7-14-12(8-11)13(9-19-14)10-4-2-1-3-5-10/h1-9,19H. The lowest BCUT2D eigenvalue weighted by atomic mass is 10.0. The number of aromatic nitrogens is 1. The van der Waals surface area contributed by atoms with Gasteiger partial charge in [0.1, 0.15) is 0 Å². The number of hydrogen-bond donors (Lipinski definition) is 1. The van der Waals surface area contributed by atoms with Crippen molar-refractivity contribution in [3.63, 3.8) is 0 Å². The second-order valence-electron chi connectivity index (χ2n) is 4.33. The normalized spacial score (nSPS) is 11.9. The Labute approximate surface area is 107 Å². The minimum absolute atomic E-state index is 0.584. The first-order valence-corrected chi connectivity index (χ1v) is 5.79. The van der Waals surface area contributed by atoms with Gasteiger partial charge in [0.25, 0.3) is 0 Å². The Bertz CT molecular complexity index is 711. The van der Waals surface area contributed by atoms with Crippen LogP contribution in [0, 0.1) is 0 Å². The first-order chi connectivity index (χ1) is 9.05. The number of halogens is 3. The second kappa shape index (κ2) is 4.16. The highest BCUT2D eigenvalue weighted by atomic mass is 19.4. The molecule has 3 rings (SSSR count). The van der Waals surface area contributed by atoms with Gasteiger partial charge in [-0.15, -0.1) is 0 Å². The van der Waals surface area contributed by atoms with Crippen LogP contribution in [0.15, 0.2) is 54.7 Å². The van der Waals surface area contributed by atoms with E-state index in [1.807, 2.05) is 30.3 Å². The van der Waals surface area contributed by atoms with Crippen molar-refractivity contribution in [2.24, 2.45) is 0 Å². The quantitative estimate of drug-likeness (QED) is 0.644. The Morgan fingerprint density at radius 3 is 2.32 bits per heavy atom. The molecule has 1 nitrogen and oxygen atoms in total. The van der Waals surface area contributed by atoms with Gasteiger partial charge >= 0.3 is 6.18 Å². The first kappa shape index (κ1) is 11.8. The molecule has 0 radical (unpaired) electrons. The first-order valence-electron chi connectivity index (χ1n) is 5.79. The number of fused-ring (bicyclic) bond motifs is 1. The van der Waals surface area contributed by atoms with Crippen LogP contribution in [-0.2, 0) is 6.18 Å². The molecule has 0 fully saturated rings. The van der Waals surface area contributed by atoms with E-state index < -0.39 is 11.7 Å². The predicted octanol–water partition coefficient (Wildman–Crippen LogP) is 4.85. The molecule has 1 N–H and O–H groups in total. The molecular formula is C15H10F3N. The van der Waals surface area contributed by atoms with Crippen molar-refractivity contribution < 1.29 is 13.2 Å². The Hall–Kier alpha value is -2.23. The fourth-order valence-electron chi connectivity index (χ4n) is 2.15. The van der Waals surface area contributed by atoms with Crippen molar-refractivity contribution >= 4 is 10.9 Å². The SMILES string of the molecule is FC(F)(F)c1ccc2[nH]cc(-c3ccccc3)c2c1. The van der Waals surface area contributed by atoms with E-state index in [1.54, 1.807) is 6.20 Å². The average Bonchev–Trinajstić information content (AvgIpc) is 2.81. The maximum Gasteiger partial charge on any atom is 0.416 e. The van der Waals surface area contributed by atoms with E-state index in [0.717, 1.165) is 17.2 Å². The van der Waals surface area contributed by atoms with Crippen LogP contribution in [0.5, 0.6) is 0 Å². The van der Waals surface area contributed by atoms with Crippen molar-refractivity contribution in [3.8, 4) is 11.1 Å². The Balaban J connectivity index is 2.22. The van der Waals surface area contributed by atoms with E-state index in [9.17, 15) is 13.2 Å². The van der Waals surface area contributed by atoms with Gasteiger partial charge in [0.2, 0.25) is 0 Å². The van der Waals surface area contributed by atoms with Crippen molar-refractivity contribution in [1.82, 2.24) is 4.98 Å². The smallest absolute Gasteiger partial charge is 0.361 e. The molecule has 0 spiro atoms. The molecule has 3 aromatic rings. The van der Waals surface area contributed by atoms with E-state index in [0.29, 0.717) is 10.9 Å². The third-order valence-electron chi connectivity index (χ3n) is 3.09. The summed E-state index contributed by atoms with van der Waals surface area (Å²) in [5.74, 6) is 0. The van der Waals surface area contributed by atoms with Crippen molar-refractivity contribution in [1.29, 1.82) is 0 Å². The number of aromatic amines is 1.